The molecule has 6 nitrogen and oxygen atoms in total. The van der Waals surface area contributed by atoms with Crippen LogP contribution in [0.3, 0.4) is 0 Å². The van der Waals surface area contributed by atoms with Crippen molar-refractivity contribution >= 4 is 39.9 Å². The minimum absolute atomic E-state index is 0.0563. The van der Waals surface area contributed by atoms with Gasteiger partial charge in [-0.1, -0.05) is 103 Å². The molecule has 0 unspecified atom stereocenters. The highest BCUT2D eigenvalue weighted by Crippen LogP contribution is 2.51. The Kier molecular flexibility index (Phi) is 8.97. The summed E-state index contributed by atoms with van der Waals surface area (Å²) in [5.41, 5.74) is 1.82. The van der Waals surface area contributed by atoms with Crippen LogP contribution in [0.1, 0.15) is 11.1 Å². The lowest BCUT2D eigenvalue weighted by molar-refractivity contribution is -0.384. The second-order valence-corrected chi connectivity index (χ2v) is 15.5. The van der Waals surface area contributed by atoms with Gasteiger partial charge in [0, 0.05) is 12.1 Å². The number of nitro groups is 1. The second kappa shape index (κ2) is 14.3. The maximum atomic E-state index is 11.8. The van der Waals surface area contributed by atoms with Gasteiger partial charge in [-0.05, 0) is 118 Å². The van der Waals surface area contributed by atoms with E-state index >= 15 is 0 Å². The van der Waals surface area contributed by atoms with Gasteiger partial charge in [-0.2, -0.15) is 0 Å². The summed E-state index contributed by atoms with van der Waals surface area (Å²) in [6, 6.07) is 59.1. The lowest BCUT2D eigenvalue weighted by atomic mass is 10.1. The number of nitro benzene ring substituents is 1. The second-order valence-electron chi connectivity index (χ2n) is 12.1. The fourth-order valence-electron chi connectivity index (χ4n) is 6.54. The first-order valence-electron chi connectivity index (χ1n) is 16.8. The van der Waals surface area contributed by atoms with Crippen molar-refractivity contribution in [2.75, 3.05) is 0 Å². The number of ether oxygens (including phenoxy) is 3. The zero-order chi connectivity index (χ0) is 35.3. The molecule has 0 heterocycles. The topological polar surface area (TPSA) is 70.8 Å². The smallest absolute Gasteiger partial charge is 0.270 e. The average molecular weight is 698 g/mol. The van der Waals surface area contributed by atoms with Gasteiger partial charge in [0.2, 0.25) is 0 Å². The Labute approximate surface area is 302 Å². The molecule has 0 saturated heterocycles. The monoisotopic (exact) mass is 697 g/mol. The molecule has 0 aliphatic heterocycles. The van der Waals surface area contributed by atoms with Crippen molar-refractivity contribution < 1.29 is 19.1 Å². The van der Waals surface area contributed by atoms with Crippen LogP contribution in [0.25, 0.3) is 6.08 Å². The predicted molar refractivity (Wildman–Crippen MR) is 211 cm³/mol. The van der Waals surface area contributed by atoms with E-state index in [-0.39, 0.29) is 10.6 Å². The van der Waals surface area contributed by atoms with Crippen molar-refractivity contribution in [1.82, 2.24) is 0 Å². The maximum Gasteiger partial charge on any atom is 0.270 e. The van der Waals surface area contributed by atoms with E-state index in [1.807, 2.05) is 140 Å². The molecule has 0 bridgehead atoms. The van der Waals surface area contributed by atoms with Gasteiger partial charge in [0.05, 0.1) is 4.92 Å². The highest BCUT2D eigenvalue weighted by Gasteiger charge is 2.33. The summed E-state index contributed by atoms with van der Waals surface area (Å²) in [5, 5.41) is 16.1. The lowest BCUT2D eigenvalue weighted by Gasteiger charge is -2.32. The van der Waals surface area contributed by atoms with Gasteiger partial charge in [0.15, 0.2) is 0 Å². The first-order chi connectivity index (χ1) is 25.6. The van der Waals surface area contributed by atoms with Gasteiger partial charge in [-0.15, -0.1) is 0 Å². The van der Waals surface area contributed by atoms with Crippen LogP contribution < -0.4 is 30.1 Å². The molecular formula is C45H32NO5P. The zero-order valence-electron chi connectivity index (χ0n) is 27.9. The summed E-state index contributed by atoms with van der Waals surface area (Å²) < 4.78 is 18.6. The predicted octanol–water partition coefficient (Wildman–Crippen LogP) is 10.5. The third kappa shape index (κ3) is 6.51. The number of hydrogen-bond donors (Lipinski definition) is 0. The molecule has 7 aromatic rings. The Morgan fingerprint density at radius 1 is 0.423 bits per heavy atom. The number of rotatable bonds is 10. The van der Waals surface area contributed by atoms with Crippen molar-refractivity contribution in [1.29, 1.82) is 0 Å². The molecule has 0 fully saturated rings. The molecule has 0 radical (unpaired) electrons. The normalized spacial score (nSPS) is 11.9. The van der Waals surface area contributed by atoms with Crippen LogP contribution in [-0.2, 0) is 0 Å². The molecule has 0 atom stereocenters. The van der Waals surface area contributed by atoms with E-state index in [4.69, 9.17) is 14.2 Å². The van der Waals surface area contributed by atoms with Gasteiger partial charge in [-0.25, -0.2) is 0 Å². The fraction of sp³-hybridized carbons (Fsp3) is 0. The number of hydrogen-bond acceptors (Lipinski definition) is 5. The summed E-state index contributed by atoms with van der Waals surface area (Å²) in [5.74, 6) is 4.41. The minimum Gasteiger partial charge on any atom is -0.457 e. The molecule has 0 amide bonds. The molecule has 0 spiro atoms. The van der Waals surface area contributed by atoms with Crippen molar-refractivity contribution in [2.45, 2.75) is 0 Å². The number of fused-ring (bicyclic) bond motifs is 1. The third-order valence-corrected chi connectivity index (χ3v) is 13.2. The number of nitrogens with zero attached hydrogens (tertiary/aromatic N) is 1. The quantitative estimate of drug-likeness (QED) is 0.0808. The molecule has 7 aromatic carbocycles. The SMILES string of the molecule is O=[N+]([O-])c1ccc2c(c1)C=CC2=P(c1ccc(Oc2ccccc2)cc1)(c1ccc(Oc2ccccc2)cc1)c1ccc(Oc2ccccc2)cc1. The molecule has 7 heteroatoms. The summed E-state index contributed by atoms with van der Waals surface area (Å²) in [6.07, 6.45) is 4.11. The van der Waals surface area contributed by atoms with E-state index in [1.54, 1.807) is 12.1 Å². The van der Waals surface area contributed by atoms with Crippen LogP contribution in [0.2, 0.25) is 0 Å². The molecule has 52 heavy (non-hydrogen) atoms. The van der Waals surface area contributed by atoms with Crippen LogP contribution in [0.4, 0.5) is 5.69 Å². The Morgan fingerprint density at radius 3 is 1.15 bits per heavy atom. The van der Waals surface area contributed by atoms with Crippen LogP contribution in [0.5, 0.6) is 34.5 Å². The van der Waals surface area contributed by atoms with Crippen molar-refractivity contribution in [3.63, 3.8) is 0 Å². The van der Waals surface area contributed by atoms with E-state index in [0.29, 0.717) is 17.2 Å². The summed E-state index contributed by atoms with van der Waals surface area (Å²) in [6.45, 7) is -2.69. The number of non-ortho nitro benzene ring substituents is 1. The van der Waals surface area contributed by atoms with Gasteiger partial charge in [0.1, 0.15) is 34.5 Å². The van der Waals surface area contributed by atoms with E-state index in [2.05, 4.69) is 42.5 Å². The maximum absolute atomic E-state index is 11.8. The molecular weight excluding hydrogens is 665 g/mol. The van der Waals surface area contributed by atoms with Crippen LogP contribution in [0, 0.1) is 10.1 Å². The fourth-order valence-corrected chi connectivity index (χ4v) is 10.9. The first-order valence-corrected chi connectivity index (χ1v) is 18.6. The van der Waals surface area contributed by atoms with Crippen molar-refractivity contribution in [2.24, 2.45) is 0 Å². The van der Waals surface area contributed by atoms with E-state index in [1.165, 1.54) is 0 Å². The standard InChI is InChI=1S/C45H32NO5P/c47-46(48)34-17-30-44-33(32-34)16-31-45(44)52(41-24-18-38(19-25-41)49-35-10-4-1-5-11-35,42-26-20-39(21-27-42)50-36-12-6-2-7-13-36)43-28-22-40(23-29-43)51-37-14-8-3-9-15-37/h1-32H. The molecule has 1 aliphatic carbocycles. The van der Waals surface area contributed by atoms with Crippen molar-refractivity contribution in [3.8, 4) is 34.5 Å². The van der Waals surface area contributed by atoms with Crippen LogP contribution in [-0.4, -0.2) is 10.2 Å². The molecule has 8 rings (SSSR count). The molecule has 0 saturated carbocycles. The van der Waals surface area contributed by atoms with Gasteiger partial charge < -0.3 is 14.2 Å². The summed E-state index contributed by atoms with van der Waals surface area (Å²) in [4.78, 5) is 11.4. The Hall–Kier alpha value is -6.62. The Balaban J connectivity index is 1.33. The van der Waals surface area contributed by atoms with Gasteiger partial charge >= 0.3 is 0 Å². The highest BCUT2D eigenvalue weighted by atomic mass is 31.2. The Morgan fingerprint density at radius 2 is 0.788 bits per heavy atom. The van der Waals surface area contributed by atoms with Gasteiger partial charge in [-0.3, -0.25) is 10.1 Å². The number of para-hydroxylation sites is 3. The molecule has 0 aromatic heterocycles. The molecule has 252 valence electrons. The lowest BCUT2D eigenvalue weighted by Crippen LogP contribution is -2.30. The average Bonchev–Trinajstić information content (AvgIpc) is 3.62. The zero-order valence-corrected chi connectivity index (χ0v) is 28.8. The van der Waals surface area contributed by atoms with E-state index in [0.717, 1.165) is 49.6 Å². The van der Waals surface area contributed by atoms with E-state index in [9.17, 15) is 10.1 Å². The summed E-state index contributed by atoms with van der Waals surface area (Å²) in [7, 11) is 0. The Bertz CT molecular complexity index is 2220. The summed E-state index contributed by atoms with van der Waals surface area (Å²) >= 11 is 0. The molecule has 0 N–H and O–H groups in total. The largest absolute Gasteiger partial charge is 0.457 e. The van der Waals surface area contributed by atoms with Crippen LogP contribution in [0.15, 0.2) is 188 Å². The van der Waals surface area contributed by atoms with Crippen LogP contribution >= 0.6 is 6.89 Å². The number of allylic oxidation sites excluding steroid dienone is 1. The number of benzene rings is 7. The minimum atomic E-state index is -2.69. The third-order valence-electron chi connectivity index (χ3n) is 8.91. The molecule has 1 aliphatic rings. The van der Waals surface area contributed by atoms with E-state index < -0.39 is 6.89 Å². The first kappa shape index (κ1) is 32.6. The van der Waals surface area contributed by atoms with Crippen molar-refractivity contribution in [3.05, 3.63) is 209 Å². The van der Waals surface area contributed by atoms with Gasteiger partial charge in [0.25, 0.3) is 5.69 Å². The highest BCUT2D eigenvalue weighted by molar-refractivity contribution is 7.96.